The third-order valence-corrected chi connectivity index (χ3v) is 5.76. The summed E-state index contributed by atoms with van der Waals surface area (Å²) >= 11 is 0. The van der Waals surface area contributed by atoms with Crippen molar-refractivity contribution in [1.29, 1.82) is 0 Å². The number of amides is 5. The highest BCUT2D eigenvalue weighted by atomic mass is 16.5. The van der Waals surface area contributed by atoms with Crippen LogP contribution in [0.25, 0.3) is 0 Å². The van der Waals surface area contributed by atoms with E-state index in [1.165, 1.54) is 0 Å². The summed E-state index contributed by atoms with van der Waals surface area (Å²) < 4.78 is 5.41. The van der Waals surface area contributed by atoms with E-state index in [0.717, 1.165) is 31.2 Å². The number of rotatable bonds is 18. The highest BCUT2D eigenvalue weighted by Gasteiger charge is 2.22. The van der Waals surface area contributed by atoms with Gasteiger partial charge in [-0.25, -0.2) is 0 Å². The Labute approximate surface area is 234 Å². The number of unbranched alkanes of at least 4 members (excludes halogenated alkanes) is 3. The number of hydrogen-bond donors (Lipinski definition) is 5. The molecule has 0 saturated heterocycles. The molecule has 0 aliphatic rings. The van der Waals surface area contributed by atoms with E-state index < -0.39 is 29.7 Å². The lowest BCUT2D eigenvalue weighted by molar-refractivity contribution is -0.131. The predicted molar refractivity (Wildman–Crippen MR) is 150 cm³/mol. The minimum atomic E-state index is -0.983. The van der Waals surface area contributed by atoms with Crippen molar-refractivity contribution in [2.75, 3.05) is 26.4 Å². The van der Waals surface area contributed by atoms with Crippen LogP contribution in [0.5, 0.6) is 5.75 Å². The Hall–Kier alpha value is -4.41. The molecule has 0 heterocycles. The average Bonchev–Trinajstić information content (AvgIpc) is 2.96. The number of carbonyl (C=O) groups is 5. The maximum atomic E-state index is 12.9. The number of ether oxygens (including phenoxy) is 1. The van der Waals surface area contributed by atoms with E-state index in [0.29, 0.717) is 12.2 Å². The fourth-order valence-electron chi connectivity index (χ4n) is 3.60. The Kier molecular flexibility index (Phi) is 14.9. The fourth-order valence-corrected chi connectivity index (χ4v) is 3.60. The van der Waals surface area contributed by atoms with Crippen LogP contribution in [-0.2, 0) is 30.4 Å². The zero-order chi connectivity index (χ0) is 29.0. The van der Waals surface area contributed by atoms with E-state index in [1.54, 1.807) is 24.3 Å². The van der Waals surface area contributed by atoms with Crippen LogP contribution in [0.2, 0.25) is 0 Å². The zero-order valence-corrected chi connectivity index (χ0v) is 22.9. The molecule has 40 heavy (non-hydrogen) atoms. The van der Waals surface area contributed by atoms with Crippen molar-refractivity contribution in [2.24, 2.45) is 0 Å². The summed E-state index contributed by atoms with van der Waals surface area (Å²) in [5.74, 6) is -1.75. The molecule has 2 aromatic carbocycles. The van der Waals surface area contributed by atoms with Crippen LogP contribution in [0.4, 0.5) is 0 Å². The van der Waals surface area contributed by atoms with Gasteiger partial charge in [0.2, 0.25) is 29.5 Å². The third kappa shape index (κ3) is 13.9. The highest BCUT2D eigenvalue weighted by Crippen LogP contribution is 2.07. The van der Waals surface area contributed by atoms with Gasteiger partial charge < -0.3 is 31.3 Å². The van der Waals surface area contributed by atoms with Crippen LogP contribution >= 0.6 is 0 Å². The maximum absolute atomic E-state index is 12.9. The van der Waals surface area contributed by atoms with Gasteiger partial charge in [0, 0.05) is 12.8 Å². The Morgan fingerprint density at radius 3 is 1.98 bits per heavy atom. The van der Waals surface area contributed by atoms with Crippen LogP contribution in [-0.4, -0.2) is 61.9 Å². The molecule has 11 nitrogen and oxygen atoms in total. The fraction of sp³-hybridized carbons (Fsp3) is 0.414. The summed E-state index contributed by atoms with van der Waals surface area (Å²) in [6.45, 7) is 1.09. The first-order chi connectivity index (χ1) is 19.4. The Morgan fingerprint density at radius 2 is 1.27 bits per heavy atom. The van der Waals surface area contributed by atoms with Gasteiger partial charge in [-0.3, -0.25) is 24.0 Å². The zero-order valence-electron chi connectivity index (χ0n) is 22.9. The maximum Gasteiger partial charge on any atom is 0.243 e. The largest absolute Gasteiger partial charge is 0.473 e. The van der Waals surface area contributed by atoms with Gasteiger partial charge in [0.1, 0.15) is 11.8 Å². The lowest BCUT2D eigenvalue weighted by Crippen LogP contribution is -2.52. The van der Waals surface area contributed by atoms with E-state index in [2.05, 4.69) is 33.5 Å². The van der Waals surface area contributed by atoms with Gasteiger partial charge in [-0.1, -0.05) is 74.7 Å². The average molecular weight is 554 g/mol. The minimum absolute atomic E-state index is 0.0676. The second-order valence-corrected chi connectivity index (χ2v) is 9.09. The van der Waals surface area contributed by atoms with Crippen LogP contribution in [0, 0.1) is 0 Å². The SMILES string of the molecule is CCCCCCC(=O)NCC(=O)NCC(=O)N[C@@H](Cc1ccccc1)C(=O)NCC(=O)NCOc1ccccc1. The first kappa shape index (κ1) is 31.8. The van der Waals surface area contributed by atoms with Crippen molar-refractivity contribution in [2.45, 2.75) is 51.5 Å². The van der Waals surface area contributed by atoms with E-state index in [9.17, 15) is 24.0 Å². The smallest absolute Gasteiger partial charge is 0.243 e. The van der Waals surface area contributed by atoms with Crippen molar-refractivity contribution < 1.29 is 28.7 Å². The number of benzene rings is 2. The van der Waals surface area contributed by atoms with Gasteiger partial charge in [0.25, 0.3) is 0 Å². The van der Waals surface area contributed by atoms with E-state index >= 15 is 0 Å². The van der Waals surface area contributed by atoms with Crippen molar-refractivity contribution in [3.8, 4) is 5.75 Å². The van der Waals surface area contributed by atoms with Gasteiger partial charge in [-0.15, -0.1) is 0 Å². The molecule has 0 aliphatic carbocycles. The molecule has 0 unspecified atom stereocenters. The molecular weight excluding hydrogens is 514 g/mol. The van der Waals surface area contributed by atoms with Crippen LogP contribution in [0.15, 0.2) is 60.7 Å². The quantitative estimate of drug-likeness (QED) is 0.138. The molecule has 2 aromatic rings. The molecule has 0 fully saturated rings. The van der Waals surface area contributed by atoms with Crippen LogP contribution in [0.1, 0.15) is 44.6 Å². The minimum Gasteiger partial charge on any atom is -0.473 e. The summed E-state index contributed by atoms with van der Waals surface area (Å²) in [6, 6.07) is 17.0. The molecule has 5 N–H and O–H groups in total. The number of para-hydroxylation sites is 1. The molecule has 0 saturated carbocycles. The van der Waals surface area contributed by atoms with Crippen LogP contribution < -0.4 is 31.3 Å². The second-order valence-electron chi connectivity index (χ2n) is 9.09. The molecule has 0 radical (unpaired) electrons. The molecule has 5 amide bonds. The lowest BCUT2D eigenvalue weighted by Gasteiger charge is -2.19. The number of carbonyl (C=O) groups excluding carboxylic acids is 5. The Morgan fingerprint density at radius 1 is 0.675 bits per heavy atom. The monoisotopic (exact) mass is 553 g/mol. The topological polar surface area (TPSA) is 155 Å². The van der Waals surface area contributed by atoms with Crippen LogP contribution in [0.3, 0.4) is 0 Å². The summed E-state index contributed by atoms with van der Waals surface area (Å²) in [4.78, 5) is 61.4. The molecular formula is C29H39N5O6. The standard InChI is InChI=1S/C29H39N5O6/c1-2-3-4-11-16-25(35)30-18-26(36)31-20-28(38)34-24(17-22-12-7-5-8-13-22)29(39)32-19-27(37)33-21-40-23-14-9-6-10-15-23/h5-10,12-15,24H,2-4,11,16-21H2,1H3,(H,30,35)(H,31,36)(H,32,39)(H,33,37)(H,34,38)/t24-/m0/s1. The third-order valence-electron chi connectivity index (χ3n) is 5.76. The molecule has 2 rings (SSSR count). The normalized spacial score (nSPS) is 11.0. The molecule has 0 aliphatic heterocycles. The molecule has 0 spiro atoms. The van der Waals surface area contributed by atoms with E-state index in [1.807, 2.05) is 36.4 Å². The summed E-state index contributed by atoms with van der Waals surface area (Å²) in [6.07, 6.45) is 4.38. The first-order valence-electron chi connectivity index (χ1n) is 13.5. The summed E-state index contributed by atoms with van der Waals surface area (Å²) in [5, 5.41) is 12.6. The first-order valence-corrected chi connectivity index (χ1v) is 13.5. The lowest BCUT2D eigenvalue weighted by atomic mass is 10.1. The second kappa shape index (κ2) is 18.8. The van der Waals surface area contributed by atoms with Gasteiger partial charge >= 0.3 is 0 Å². The molecule has 0 bridgehead atoms. The van der Waals surface area contributed by atoms with Gasteiger partial charge in [0.15, 0.2) is 6.73 Å². The molecule has 1 atom stereocenters. The van der Waals surface area contributed by atoms with Crippen molar-refractivity contribution in [3.63, 3.8) is 0 Å². The van der Waals surface area contributed by atoms with Crippen molar-refractivity contribution in [3.05, 3.63) is 66.2 Å². The predicted octanol–water partition coefficient (Wildman–Crippen LogP) is 1.19. The van der Waals surface area contributed by atoms with Gasteiger partial charge in [-0.2, -0.15) is 0 Å². The Balaban J connectivity index is 1.78. The highest BCUT2D eigenvalue weighted by molar-refractivity contribution is 5.92. The number of hydrogen-bond acceptors (Lipinski definition) is 6. The molecule has 11 heteroatoms. The van der Waals surface area contributed by atoms with Gasteiger partial charge in [-0.05, 0) is 24.1 Å². The number of nitrogens with one attached hydrogen (secondary N) is 5. The molecule has 0 aromatic heterocycles. The van der Waals surface area contributed by atoms with Crippen molar-refractivity contribution in [1.82, 2.24) is 26.6 Å². The van der Waals surface area contributed by atoms with E-state index in [4.69, 9.17) is 4.74 Å². The molecule has 216 valence electrons. The van der Waals surface area contributed by atoms with Gasteiger partial charge in [0.05, 0.1) is 19.6 Å². The van der Waals surface area contributed by atoms with Crippen molar-refractivity contribution >= 4 is 29.5 Å². The Bertz CT molecular complexity index is 1080. The van der Waals surface area contributed by atoms with E-state index in [-0.39, 0.29) is 38.7 Å². The summed E-state index contributed by atoms with van der Waals surface area (Å²) in [7, 11) is 0. The summed E-state index contributed by atoms with van der Waals surface area (Å²) in [5.41, 5.74) is 0.800.